The molecule has 7 rings (SSSR count). The minimum atomic E-state index is 0.977. The largest absolute Gasteiger partial charge is 0.248 e. The van der Waals surface area contributed by atoms with Crippen molar-refractivity contribution < 1.29 is 0 Å². The van der Waals surface area contributed by atoms with E-state index in [1.807, 2.05) is 12.1 Å². The topological polar surface area (TPSA) is 25.8 Å². The monoisotopic (exact) mass is 484 g/mol. The highest BCUT2D eigenvalue weighted by atomic mass is 14.7. The Hall–Kier alpha value is -5.08. The first-order valence-corrected chi connectivity index (χ1v) is 12.8. The standard InChI is InChI=1S/C36H24N2/c1-3-12-25(13-4-1)35-23-31(29-18-7-9-20-33(29)37-35)27-16-11-17-28(22-27)32-24-36(26-14-5-2-6-15-26)38-34-21-10-8-19-30(32)34/h1-24H. The van der Waals surface area contributed by atoms with Gasteiger partial charge in [0.25, 0.3) is 0 Å². The van der Waals surface area contributed by atoms with Gasteiger partial charge in [-0.05, 0) is 52.6 Å². The smallest absolute Gasteiger partial charge is 0.0715 e. The number of rotatable bonds is 4. The Morgan fingerprint density at radius 3 is 1.18 bits per heavy atom. The molecule has 0 atom stereocenters. The van der Waals surface area contributed by atoms with E-state index in [4.69, 9.17) is 9.97 Å². The SMILES string of the molecule is c1ccc(-c2cc(-c3cccc(-c4cc(-c5ccccc5)nc5ccccc45)c3)c3ccccc3n2)cc1. The molecule has 2 nitrogen and oxygen atoms in total. The van der Waals surface area contributed by atoms with Crippen LogP contribution in [0, 0.1) is 0 Å². The second kappa shape index (κ2) is 9.42. The first-order valence-electron chi connectivity index (χ1n) is 12.8. The molecule has 178 valence electrons. The van der Waals surface area contributed by atoms with Gasteiger partial charge in [-0.25, -0.2) is 9.97 Å². The number of para-hydroxylation sites is 2. The van der Waals surface area contributed by atoms with Crippen molar-refractivity contribution in [2.24, 2.45) is 0 Å². The number of fused-ring (bicyclic) bond motifs is 2. The lowest BCUT2D eigenvalue weighted by atomic mass is 9.93. The Morgan fingerprint density at radius 2 is 0.711 bits per heavy atom. The van der Waals surface area contributed by atoms with E-state index < -0.39 is 0 Å². The third-order valence-corrected chi connectivity index (χ3v) is 7.06. The Bertz CT molecular complexity index is 1770. The Morgan fingerprint density at radius 1 is 0.316 bits per heavy atom. The molecule has 0 spiro atoms. The first kappa shape index (κ1) is 22.1. The van der Waals surface area contributed by atoms with E-state index in [0.717, 1.165) is 44.3 Å². The molecule has 38 heavy (non-hydrogen) atoms. The number of nitrogens with zero attached hydrogens (tertiary/aromatic N) is 2. The van der Waals surface area contributed by atoms with E-state index in [1.54, 1.807) is 0 Å². The predicted octanol–water partition coefficient (Wildman–Crippen LogP) is 9.45. The van der Waals surface area contributed by atoms with Gasteiger partial charge in [-0.2, -0.15) is 0 Å². The molecular formula is C36H24N2. The van der Waals surface area contributed by atoms with Gasteiger partial charge in [-0.3, -0.25) is 0 Å². The van der Waals surface area contributed by atoms with Crippen LogP contribution in [0.3, 0.4) is 0 Å². The van der Waals surface area contributed by atoms with Crippen LogP contribution in [0.5, 0.6) is 0 Å². The fourth-order valence-electron chi connectivity index (χ4n) is 5.20. The average molecular weight is 485 g/mol. The second-order valence-electron chi connectivity index (χ2n) is 9.46. The summed E-state index contributed by atoms with van der Waals surface area (Å²) < 4.78 is 0. The quantitative estimate of drug-likeness (QED) is 0.249. The number of hydrogen-bond donors (Lipinski definition) is 0. The third kappa shape index (κ3) is 4.03. The molecular weight excluding hydrogens is 460 g/mol. The maximum Gasteiger partial charge on any atom is 0.0715 e. The van der Waals surface area contributed by atoms with Crippen molar-refractivity contribution in [1.82, 2.24) is 9.97 Å². The van der Waals surface area contributed by atoms with Crippen LogP contribution in [-0.2, 0) is 0 Å². The zero-order chi connectivity index (χ0) is 25.3. The number of aromatic nitrogens is 2. The van der Waals surface area contributed by atoms with Crippen molar-refractivity contribution in [2.75, 3.05) is 0 Å². The van der Waals surface area contributed by atoms with Crippen LogP contribution >= 0.6 is 0 Å². The number of benzene rings is 5. The molecule has 0 saturated heterocycles. The predicted molar refractivity (Wildman–Crippen MR) is 159 cm³/mol. The van der Waals surface area contributed by atoms with Gasteiger partial charge in [0.2, 0.25) is 0 Å². The Balaban J connectivity index is 1.44. The maximum atomic E-state index is 4.99. The maximum absolute atomic E-state index is 4.99. The fourth-order valence-corrected chi connectivity index (χ4v) is 5.20. The van der Waals surface area contributed by atoms with Gasteiger partial charge >= 0.3 is 0 Å². The summed E-state index contributed by atoms with van der Waals surface area (Å²) in [6, 6.07) is 50.9. The van der Waals surface area contributed by atoms with Crippen LogP contribution in [-0.4, -0.2) is 9.97 Å². The van der Waals surface area contributed by atoms with Gasteiger partial charge in [0, 0.05) is 21.9 Å². The summed E-state index contributed by atoms with van der Waals surface area (Å²) in [4.78, 5) is 9.98. The molecule has 0 saturated carbocycles. The summed E-state index contributed by atoms with van der Waals surface area (Å²) in [6.45, 7) is 0. The Labute approximate surface area is 221 Å². The molecule has 0 fully saturated rings. The molecule has 0 bridgehead atoms. The molecule has 0 radical (unpaired) electrons. The van der Waals surface area contributed by atoms with Crippen molar-refractivity contribution in [1.29, 1.82) is 0 Å². The van der Waals surface area contributed by atoms with Crippen LogP contribution in [0.1, 0.15) is 0 Å². The van der Waals surface area contributed by atoms with Gasteiger partial charge in [-0.15, -0.1) is 0 Å². The summed E-state index contributed by atoms with van der Waals surface area (Å²) >= 11 is 0. The van der Waals surface area contributed by atoms with E-state index in [1.165, 1.54) is 22.3 Å². The zero-order valence-electron chi connectivity index (χ0n) is 20.8. The van der Waals surface area contributed by atoms with Gasteiger partial charge in [0.05, 0.1) is 22.4 Å². The highest BCUT2D eigenvalue weighted by molar-refractivity contribution is 6.00. The molecule has 0 aliphatic heterocycles. The molecule has 7 aromatic rings. The van der Waals surface area contributed by atoms with E-state index in [2.05, 4.69) is 133 Å². The van der Waals surface area contributed by atoms with Crippen molar-refractivity contribution >= 4 is 21.8 Å². The van der Waals surface area contributed by atoms with Crippen molar-refractivity contribution in [3.63, 3.8) is 0 Å². The van der Waals surface area contributed by atoms with Gasteiger partial charge < -0.3 is 0 Å². The molecule has 0 amide bonds. The zero-order valence-corrected chi connectivity index (χ0v) is 20.8. The van der Waals surface area contributed by atoms with E-state index in [9.17, 15) is 0 Å². The van der Waals surface area contributed by atoms with Crippen LogP contribution in [0.4, 0.5) is 0 Å². The molecule has 2 heterocycles. The number of pyridine rings is 2. The van der Waals surface area contributed by atoms with Crippen LogP contribution < -0.4 is 0 Å². The van der Waals surface area contributed by atoms with E-state index in [-0.39, 0.29) is 0 Å². The van der Waals surface area contributed by atoms with Crippen molar-refractivity contribution in [2.45, 2.75) is 0 Å². The average Bonchev–Trinajstić information content (AvgIpc) is 3.01. The molecule has 0 N–H and O–H groups in total. The van der Waals surface area contributed by atoms with Crippen LogP contribution in [0.15, 0.2) is 146 Å². The lowest BCUT2D eigenvalue weighted by Crippen LogP contribution is -1.92. The van der Waals surface area contributed by atoms with E-state index in [0.29, 0.717) is 0 Å². The van der Waals surface area contributed by atoms with Gasteiger partial charge in [0.1, 0.15) is 0 Å². The lowest BCUT2D eigenvalue weighted by Gasteiger charge is -2.14. The molecule has 0 aliphatic rings. The molecule has 5 aromatic carbocycles. The lowest BCUT2D eigenvalue weighted by molar-refractivity contribution is 1.39. The molecule has 2 heteroatoms. The highest BCUT2D eigenvalue weighted by Crippen LogP contribution is 2.37. The normalized spacial score (nSPS) is 11.2. The summed E-state index contributed by atoms with van der Waals surface area (Å²) in [6.07, 6.45) is 0. The molecule has 0 unspecified atom stereocenters. The highest BCUT2D eigenvalue weighted by Gasteiger charge is 2.13. The summed E-state index contributed by atoms with van der Waals surface area (Å²) in [7, 11) is 0. The van der Waals surface area contributed by atoms with Gasteiger partial charge in [-0.1, -0.05) is 115 Å². The minimum absolute atomic E-state index is 0.977. The van der Waals surface area contributed by atoms with Crippen molar-refractivity contribution in [3.8, 4) is 44.8 Å². The first-order chi connectivity index (χ1) is 18.8. The second-order valence-corrected chi connectivity index (χ2v) is 9.46. The molecule has 0 aliphatic carbocycles. The van der Waals surface area contributed by atoms with E-state index >= 15 is 0 Å². The molecule has 2 aromatic heterocycles. The summed E-state index contributed by atoms with van der Waals surface area (Å²) in [5.74, 6) is 0. The number of hydrogen-bond acceptors (Lipinski definition) is 2. The minimum Gasteiger partial charge on any atom is -0.248 e. The van der Waals surface area contributed by atoms with Crippen LogP contribution in [0.25, 0.3) is 66.6 Å². The van der Waals surface area contributed by atoms with Crippen molar-refractivity contribution in [3.05, 3.63) is 146 Å². The van der Waals surface area contributed by atoms with Gasteiger partial charge in [0.15, 0.2) is 0 Å². The Kier molecular flexibility index (Phi) is 5.49. The third-order valence-electron chi connectivity index (χ3n) is 7.06. The fraction of sp³-hybridized carbons (Fsp3) is 0. The summed E-state index contributed by atoms with van der Waals surface area (Å²) in [5, 5.41) is 2.29. The van der Waals surface area contributed by atoms with Crippen LogP contribution in [0.2, 0.25) is 0 Å². The summed E-state index contributed by atoms with van der Waals surface area (Å²) in [5.41, 5.74) is 10.9.